The third-order valence-electron chi connectivity index (χ3n) is 7.15. The molecule has 7 heteroatoms. The second kappa shape index (κ2) is 14.2. The van der Waals surface area contributed by atoms with Gasteiger partial charge in [-0.25, -0.2) is 4.98 Å². The van der Waals surface area contributed by atoms with Crippen molar-refractivity contribution in [3.8, 4) is 0 Å². The highest BCUT2D eigenvalue weighted by molar-refractivity contribution is 6.31. The zero-order valence-electron chi connectivity index (χ0n) is 22.7. The second-order valence-electron chi connectivity index (χ2n) is 9.85. The highest BCUT2D eigenvalue weighted by Crippen LogP contribution is 2.20. The summed E-state index contributed by atoms with van der Waals surface area (Å²) in [7, 11) is 0. The van der Waals surface area contributed by atoms with E-state index < -0.39 is 0 Å². The van der Waals surface area contributed by atoms with Crippen LogP contribution < -0.4 is 5.32 Å². The lowest BCUT2D eigenvalue weighted by Gasteiger charge is -2.34. The van der Waals surface area contributed by atoms with Crippen LogP contribution in [0.5, 0.6) is 0 Å². The molecule has 0 aliphatic heterocycles. The highest BCUT2D eigenvalue weighted by Gasteiger charge is 2.25. The quantitative estimate of drug-likeness (QED) is 0.256. The van der Waals surface area contributed by atoms with Gasteiger partial charge in [0.05, 0.1) is 17.5 Å². The number of nitrogens with one attached hydrogen (secondary N) is 1. The Morgan fingerprint density at radius 2 is 1.65 bits per heavy atom. The van der Waals surface area contributed by atoms with Crippen LogP contribution in [0.2, 0.25) is 5.02 Å². The summed E-state index contributed by atoms with van der Waals surface area (Å²) in [5.74, 6) is 1.08. The first-order valence-electron chi connectivity index (χ1n) is 13.6. The van der Waals surface area contributed by atoms with E-state index in [-0.39, 0.29) is 23.9 Å². The maximum atomic E-state index is 13.5. The number of para-hydroxylation sites is 2. The molecule has 37 heavy (non-hydrogen) atoms. The van der Waals surface area contributed by atoms with Crippen molar-refractivity contribution in [3.05, 3.63) is 64.9 Å². The number of rotatable bonds is 14. The zero-order valence-corrected chi connectivity index (χ0v) is 23.4. The van der Waals surface area contributed by atoms with Gasteiger partial charge in [-0.3, -0.25) is 9.59 Å². The molecule has 2 amide bonds. The summed E-state index contributed by atoms with van der Waals surface area (Å²) in [6.07, 6.45) is 5.76. The molecular weight excluding hydrogens is 484 g/mol. The van der Waals surface area contributed by atoms with Gasteiger partial charge in [0.1, 0.15) is 12.4 Å². The van der Waals surface area contributed by atoms with Gasteiger partial charge in [0.15, 0.2) is 0 Å². The summed E-state index contributed by atoms with van der Waals surface area (Å²) >= 11 is 6.15. The number of carbonyl (C=O) groups excluding carboxylic acids is 2. The molecule has 2 aromatic carbocycles. The van der Waals surface area contributed by atoms with Crippen molar-refractivity contribution in [2.24, 2.45) is 0 Å². The number of carbonyl (C=O) groups is 2. The van der Waals surface area contributed by atoms with Crippen LogP contribution in [0.4, 0.5) is 0 Å². The third-order valence-corrected chi connectivity index (χ3v) is 7.52. The third kappa shape index (κ3) is 7.81. The number of aryl methyl sites for hydroxylation is 1. The summed E-state index contributed by atoms with van der Waals surface area (Å²) in [6, 6.07) is 15.9. The smallest absolute Gasteiger partial charge is 0.243 e. The molecule has 0 aliphatic rings. The minimum Gasteiger partial charge on any atom is -0.356 e. The Morgan fingerprint density at radius 1 is 0.973 bits per heavy atom. The van der Waals surface area contributed by atoms with Crippen LogP contribution in [0.15, 0.2) is 48.5 Å². The summed E-state index contributed by atoms with van der Waals surface area (Å²) in [5.41, 5.74) is 2.78. The SMILES string of the molecule is CCC(C)N(C(=O)Cn1c(CCCCCNC(=O)Cc2ccccc2Cl)nc2ccccc21)C(C)CC. The first-order chi connectivity index (χ1) is 17.8. The lowest BCUT2D eigenvalue weighted by molar-refractivity contribution is -0.136. The minimum absolute atomic E-state index is 0.0134. The molecule has 3 aromatic rings. The zero-order chi connectivity index (χ0) is 26.8. The van der Waals surface area contributed by atoms with E-state index in [0.29, 0.717) is 24.5 Å². The molecule has 6 nitrogen and oxygen atoms in total. The largest absolute Gasteiger partial charge is 0.356 e. The fraction of sp³-hybridized carbons (Fsp3) is 0.500. The number of aromatic nitrogens is 2. The Hall–Kier alpha value is -2.86. The van der Waals surface area contributed by atoms with Gasteiger partial charge in [0, 0.05) is 30.1 Å². The van der Waals surface area contributed by atoms with Crippen LogP contribution in [-0.2, 0) is 29.0 Å². The van der Waals surface area contributed by atoms with E-state index >= 15 is 0 Å². The molecule has 3 rings (SSSR count). The maximum absolute atomic E-state index is 13.5. The molecule has 0 aliphatic carbocycles. The first-order valence-corrected chi connectivity index (χ1v) is 14.0. The number of hydrogen-bond acceptors (Lipinski definition) is 3. The number of unbranched alkanes of at least 4 members (excludes halogenated alkanes) is 2. The molecule has 200 valence electrons. The van der Waals surface area contributed by atoms with E-state index in [0.717, 1.165) is 60.9 Å². The Balaban J connectivity index is 1.56. The van der Waals surface area contributed by atoms with Crippen molar-refractivity contribution in [3.63, 3.8) is 0 Å². The molecule has 0 bridgehead atoms. The van der Waals surface area contributed by atoms with Crippen LogP contribution in [0, 0.1) is 0 Å². The highest BCUT2D eigenvalue weighted by atomic mass is 35.5. The summed E-state index contributed by atoms with van der Waals surface area (Å²) in [4.78, 5) is 32.6. The van der Waals surface area contributed by atoms with Crippen molar-refractivity contribution in [2.45, 2.75) is 91.3 Å². The van der Waals surface area contributed by atoms with Crippen LogP contribution in [0.1, 0.15) is 71.2 Å². The molecular formula is C30H41ClN4O2. The van der Waals surface area contributed by atoms with E-state index in [2.05, 4.69) is 37.6 Å². The maximum Gasteiger partial charge on any atom is 0.243 e. The molecule has 1 aromatic heterocycles. The molecule has 2 atom stereocenters. The second-order valence-corrected chi connectivity index (χ2v) is 10.3. The lowest BCUT2D eigenvalue weighted by Crippen LogP contribution is -2.45. The van der Waals surface area contributed by atoms with Gasteiger partial charge in [-0.1, -0.05) is 62.2 Å². The Labute approximate surface area is 226 Å². The number of amides is 2. The minimum atomic E-state index is -0.0134. The number of benzene rings is 2. The van der Waals surface area contributed by atoms with E-state index in [1.807, 2.05) is 47.4 Å². The molecule has 1 N–H and O–H groups in total. The summed E-state index contributed by atoms with van der Waals surface area (Å²) < 4.78 is 2.10. The number of fused-ring (bicyclic) bond motifs is 1. The summed E-state index contributed by atoms with van der Waals surface area (Å²) in [6.45, 7) is 9.46. The lowest BCUT2D eigenvalue weighted by atomic mass is 10.1. The standard InChI is InChI=1S/C30H41ClN4O2/c1-5-22(3)35(23(4)6-2)30(37)21-34-27-17-12-11-16-26(27)33-28(34)18-8-7-13-19-32-29(36)20-24-14-9-10-15-25(24)31/h9-12,14-17,22-23H,5-8,13,18-21H2,1-4H3,(H,32,36). The number of hydrogen-bond donors (Lipinski definition) is 1. The first kappa shape index (κ1) is 28.7. The van der Waals surface area contributed by atoms with Crippen LogP contribution >= 0.6 is 11.6 Å². The molecule has 1 heterocycles. The van der Waals surface area contributed by atoms with Crippen molar-refractivity contribution in [1.82, 2.24) is 19.8 Å². The molecule has 0 fully saturated rings. The Morgan fingerprint density at radius 3 is 2.35 bits per heavy atom. The van der Waals surface area contributed by atoms with E-state index in [4.69, 9.17) is 16.6 Å². The average Bonchev–Trinajstić information content (AvgIpc) is 3.24. The van der Waals surface area contributed by atoms with Crippen molar-refractivity contribution in [2.75, 3.05) is 6.54 Å². The van der Waals surface area contributed by atoms with Crippen molar-refractivity contribution in [1.29, 1.82) is 0 Å². The van der Waals surface area contributed by atoms with Crippen LogP contribution in [0.25, 0.3) is 11.0 Å². The van der Waals surface area contributed by atoms with Gasteiger partial charge < -0.3 is 14.8 Å². The Kier molecular flexibility index (Phi) is 11.0. The topological polar surface area (TPSA) is 67.2 Å². The summed E-state index contributed by atoms with van der Waals surface area (Å²) in [5, 5.41) is 3.61. The number of imidazole rings is 1. The molecule has 0 saturated carbocycles. The van der Waals surface area contributed by atoms with Crippen LogP contribution in [-0.4, -0.2) is 44.9 Å². The van der Waals surface area contributed by atoms with Crippen molar-refractivity contribution >= 4 is 34.4 Å². The average molecular weight is 525 g/mol. The van der Waals surface area contributed by atoms with Gasteiger partial charge in [-0.15, -0.1) is 0 Å². The van der Waals surface area contributed by atoms with Gasteiger partial charge in [0.2, 0.25) is 11.8 Å². The number of halogens is 1. The monoisotopic (exact) mass is 524 g/mol. The predicted molar refractivity (Wildman–Crippen MR) is 152 cm³/mol. The predicted octanol–water partition coefficient (Wildman–Crippen LogP) is 6.19. The molecule has 0 radical (unpaired) electrons. The molecule has 0 spiro atoms. The van der Waals surface area contributed by atoms with Gasteiger partial charge in [-0.2, -0.15) is 0 Å². The molecule has 2 unspecified atom stereocenters. The number of nitrogens with zero attached hydrogens (tertiary/aromatic N) is 3. The van der Waals surface area contributed by atoms with Crippen LogP contribution in [0.3, 0.4) is 0 Å². The van der Waals surface area contributed by atoms with E-state index in [1.54, 1.807) is 6.07 Å². The fourth-order valence-electron chi connectivity index (χ4n) is 4.72. The van der Waals surface area contributed by atoms with E-state index in [9.17, 15) is 9.59 Å². The van der Waals surface area contributed by atoms with Gasteiger partial charge in [0.25, 0.3) is 0 Å². The van der Waals surface area contributed by atoms with E-state index in [1.165, 1.54) is 0 Å². The fourth-order valence-corrected chi connectivity index (χ4v) is 4.92. The normalized spacial score (nSPS) is 12.9. The molecule has 0 saturated heterocycles. The van der Waals surface area contributed by atoms with Crippen molar-refractivity contribution < 1.29 is 9.59 Å². The van der Waals surface area contributed by atoms with Gasteiger partial charge in [-0.05, 0) is 63.3 Å². The Bertz CT molecular complexity index is 1170. The van der Waals surface area contributed by atoms with Gasteiger partial charge >= 0.3 is 0 Å².